The Morgan fingerprint density at radius 1 is 1.22 bits per heavy atom. The molecule has 0 radical (unpaired) electrons. The molecule has 3 N–H and O–H groups in total. The number of ether oxygens (including phenoxy) is 1. The summed E-state index contributed by atoms with van der Waals surface area (Å²) in [7, 11) is -2.70. The maximum Gasteiger partial charge on any atom is 0.255 e. The molecule has 0 bridgehead atoms. The van der Waals surface area contributed by atoms with Gasteiger partial charge in [0.25, 0.3) is 5.91 Å². The molecule has 1 amide bonds. The highest BCUT2D eigenvalue weighted by atomic mass is 35.5. The fraction of sp³-hybridized carbons (Fsp3) is 0.133. The summed E-state index contributed by atoms with van der Waals surface area (Å²) < 4.78 is 28.1. The quantitative estimate of drug-likeness (QED) is 0.881. The third-order valence-electron chi connectivity index (χ3n) is 3.16. The number of nitrogens with two attached hydrogens (primary N) is 1. The van der Waals surface area contributed by atoms with Gasteiger partial charge in [0.2, 0.25) is 10.0 Å². The average Bonchev–Trinajstić information content (AvgIpc) is 2.49. The summed E-state index contributed by atoms with van der Waals surface area (Å²) in [5.74, 6) is -0.417. The summed E-state index contributed by atoms with van der Waals surface area (Å²) in [6.07, 6.45) is 0. The van der Waals surface area contributed by atoms with Gasteiger partial charge in [-0.2, -0.15) is 0 Å². The molecule has 0 aliphatic carbocycles. The van der Waals surface area contributed by atoms with Crippen molar-refractivity contribution in [2.75, 3.05) is 12.4 Å². The van der Waals surface area contributed by atoms with Crippen molar-refractivity contribution in [1.82, 2.24) is 0 Å². The van der Waals surface area contributed by atoms with Crippen molar-refractivity contribution in [1.29, 1.82) is 0 Å². The molecule has 23 heavy (non-hydrogen) atoms. The molecule has 0 saturated heterocycles. The Balaban J connectivity index is 2.34. The van der Waals surface area contributed by atoms with Gasteiger partial charge in [0.05, 0.1) is 7.11 Å². The molecule has 0 fully saturated rings. The molecule has 8 heteroatoms. The van der Waals surface area contributed by atoms with Gasteiger partial charge in [0.1, 0.15) is 10.6 Å². The fourth-order valence-corrected chi connectivity index (χ4v) is 2.82. The van der Waals surface area contributed by atoms with Crippen LogP contribution in [0, 0.1) is 6.92 Å². The van der Waals surface area contributed by atoms with Gasteiger partial charge >= 0.3 is 0 Å². The van der Waals surface area contributed by atoms with Crippen LogP contribution in [0.25, 0.3) is 0 Å². The molecule has 6 nitrogen and oxygen atoms in total. The van der Waals surface area contributed by atoms with Crippen molar-refractivity contribution < 1.29 is 17.9 Å². The van der Waals surface area contributed by atoms with Crippen LogP contribution in [0.5, 0.6) is 5.75 Å². The van der Waals surface area contributed by atoms with Crippen LogP contribution >= 0.6 is 11.6 Å². The van der Waals surface area contributed by atoms with E-state index in [4.69, 9.17) is 21.5 Å². The van der Waals surface area contributed by atoms with Gasteiger partial charge in [-0.05, 0) is 42.8 Å². The maximum absolute atomic E-state index is 12.3. The third kappa shape index (κ3) is 4.01. The number of carbonyl (C=O) groups excluding carboxylic acids is 1. The number of benzene rings is 2. The molecule has 0 atom stereocenters. The minimum absolute atomic E-state index is 0.0717. The Morgan fingerprint density at radius 3 is 2.48 bits per heavy atom. The first-order valence-electron chi connectivity index (χ1n) is 6.50. The van der Waals surface area contributed by atoms with Crippen LogP contribution < -0.4 is 15.2 Å². The number of halogens is 1. The molecule has 2 aromatic rings. The van der Waals surface area contributed by atoms with Gasteiger partial charge in [-0.1, -0.05) is 17.7 Å². The van der Waals surface area contributed by atoms with E-state index in [0.29, 0.717) is 10.7 Å². The van der Waals surface area contributed by atoms with E-state index in [2.05, 4.69) is 5.32 Å². The number of nitrogens with one attached hydrogen (secondary N) is 1. The number of hydrogen-bond donors (Lipinski definition) is 2. The number of amides is 1. The molecular weight excluding hydrogens is 340 g/mol. The highest BCUT2D eigenvalue weighted by molar-refractivity contribution is 7.89. The topological polar surface area (TPSA) is 98.5 Å². The molecule has 0 aliphatic rings. The van der Waals surface area contributed by atoms with E-state index in [1.165, 1.54) is 25.3 Å². The highest BCUT2D eigenvalue weighted by Crippen LogP contribution is 2.25. The summed E-state index contributed by atoms with van der Waals surface area (Å²) in [5, 5.41) is 8.29. The molecule has 0 spiro atoms. The second kappa shape index (κ2) is 6.57. The first-order chi connectivity index (χ1) is 10.7. The van der Waals surface area contributed by atoms with Crippen molar-refractivity contribution in [3.63, 3.8) is 0 Å². The van der Waals surface area contributed by atoms with E-state index in [9.17, 15) is 13.2 Å². The minimum Gasteiger partial charge on any atom is -0.495 e. The molecule has 0 aromatic heterocycles. The lowest BCUT2D eigenvalue weighted by molar-refractivity contribution is 0.102. The van der Waals surface area contributed by atoms with E-state index in [0.717, 1.165) is 5.56 Å². The zero-order valence-corrected chi connectivity index (χ0v) is 14.0. The van der Waals surface area contributed by atoms with Crippen molar-refractivity contribution in [2.45, 2.75) is 11.8 Å². The lowest BCUT2D eigenvalue weighted by atomic mass is 10.2. The monoisotopic (exact) mass is 354 g/mol. The minimum atomic E-state index is -4.01. The molecule has 122 valence electrons. The number of aryl methyl sites for hydroxylation is 1. The molecule has 0 aliphatic heterocycles. The maximum atomic E-state index is 12.3. The van der Waals surface area contributed by atoms with Gasteiger partial charge in [-0.3, -0.25) is 4.79 Å². The Morgan fingerprint density at radius 2 is 1.91 bits per heavy atom. The Kier molecular flexibility index (Phi) is 4.93. The normalized spacial score (nSPS) is 11.1. The average molecular weight is 355 g/mol. The van der Waals surface area contributed by atoms with Gasteiger partial charge in [0, 0.05) is 16.3 Å². The second-order valence-electron chi connectivity index (χ2n) is 4.83. The number of rotatable bonds is 4. The first-order valence-corrected chi connectivity index (χ1v) is 8.43. The molecule has 2 rings (SSSR count). The predicted octanol–water partition coefficient (Wildman–Crippen LogP) is 2.56. The Bertz CT molecular complexity index is 866. The van der Waals surface area contributed by atoms with E-state index < -0.39 is 15.9 Å². The molecular formula is C15H15ClN2O4S. The zero-order chi connectivity index (χ0) is 17.2. The lowest BCUT2D eigenvalue weighted by Crippen LogP contribution is -2.16. The van der Waals surface area contributed by atoms with Crippen LogP contribution in [-0.4, -0.2) is 21.4 Å². The van der Waals surface area contributed by atoms with Crippen LogP contribution in [0.3, 0.4) is 0 Å². The number of methoxy groups -OCH3 is 1. The summed E-state index contributed by atoms with van der Waals surface area (Å²) in [4.78, 5) is 12.0. The number of carbonyl (C=O) groups is 1. The molecule has 2 aromatic carbocycles. The van der Waals surface area contributed by atoms with Crippen molar-refractivity contribution in [3.8, 4) is 5.75 Å². The third-order valence-corrected chi connectivity index (χ3v) is 4.50. The Hall–Kier alpha value is -2.09. The second-order valence-corrected chi connectivity index (χ2v) is 6.77. The largest absolute Gasteiger partial charge is 0.495 e. The molecule has 0 heterocycles. The first kappa shape index (κ1) is 17.3. The summed E-state index contributed by atoms with van der Waals surface area (Å²) in [5.41, 5.74) is 1.51. The van der Waals surface area contributed by atoms with E-state index in [1.54, 1.807) is 18.2 Å². The van der Waals surface area contributed by atoms with Gasteiger partial charge in [-0.25, -0.2) is 13.6 Å². The van der Waals surface area contributed by atoms with E-state index in [-0.39, 0.29) is 16.2 Å². The van der Waals surface area contributed by atoms with Gasteiger partial charge in [0.15, 0.2) is 0 Å². The SMILES string of the molecule is COc1ccc(C(=O)Nc2ccc(C)c(Cl)c2)cc1S(N)(=O)=O. The van der Waals surface area contributed by atoms with Gasteiger partial charge < -0.3 is 10.1 Å². The van der Waals surface area contributed by atoms with Crippen LogP contribution in [0.2, 0.25) is 5.02 Å². The molecule has 0 unspecified atom stereocenters. The number of anilines is 1. The number of sulfonamides is 1. The smallest absolute Gasteiger partial charge is 0.255 e. The summed E-state index contributed by atoms with van der Waals surface area (Å²) in [6.45, 7) is 1.84. The lowest BCUT2D eigenvalue weighted by Gasteiger charge is -2.10. The zero-order valence-electron chi connectivity index (χ0n) is 12.5. The van der Waals surface area contributed by atoms with Crippen LogP contribution in [0.15, 0.2) is 41.3 Å². The van der Waals surface area contributed by atoms with Crippen LogP contribution in [0.1, 0.15) is 15.9 Å². The Labute approximate surface area is 139 Å². The van der Waals surface area contributed by atoms with Crippen molar-refractivity contribution >= 4 is 33.2 Å². The highest BCUT2D eigenvalue weighted by Gasteiger charge is 2.18. The van der Waals surface area contributed by atoms with E-state index >= 15 is 0 Å². The van der Waals surface area contributed by atoms with Crippen LogP contribution in [-0.2, 0) is 10.0 Å². The number of primary sulfonamides is 1. The van der Waals surface area contributed by atoms with Crippen molar-refractivity contribution in [3.05, 3.63) is 52.5 Å². The predicted molar refractivity (Wildman–Crippen MR) is 88.5 cm³/mol. The summed E-state index contributed by atoms with van der Waals surface area (Å²) >= 11 is 6.00. The fourth-order valence-electron chi connectivity index (χ4n) is 1.91. The van der Waals surface area contributed by atoms with Crippen LogP contribution in [0.4, 0.5) is 5.69 Å². The molecule has 0 saturated carbocycles. The van der Waals surface area contributed by atoms with E-state index in [1.807, 2.05) is 6.92 Å². The number of hydrogen-bond acceptors (Lipinski definition) is 4. The van der Waals surface area contributed by atoms with Gasteiger partial charge in [-0.15, -0.1) is 0 Å². The summed E-state index contributed by atoms with van der Waals surface area (Å²) in [6, 6.07) is 9.05. The van der Waals surface area contributed by atoms with Crippen molar-refractivity contribution in [2.24, 2.45) is 5.14 Å². The standard InChI is InChI=1S/C15H15ClN2O4S/c1-9-3-5-11(8-12(9)16)18-15(19)10-4-6-13(22-2)14(7-10)23(17,20)21/h3-8H,1-2H3,(H,18,19)(H2,17,20,21).